The number of nitrogens with one attached hydrogen (secondary N) is 2. The van der Waals surface area contributed by atoms with Gasteiger partial charge in [0.15, 0.2) is 0 Å². The minimum atomic E-state index is -0.782. The highest BCUT2D eigenvalue weighted by Crippen LogP contribution is 2.33. The zero-order valence-electron chi connectivity index (χ0n) is 17.0. The molecule has 28 heavy (non-hydrogen) atoms. The summed E-state index contributed by atoms with van der Waals surface area (Å²) in [5.74, 6) is 0.0376. The van der Waals surface area contributed by atoms with Gasteiger partial charge in [0, 0.05) is 37.0 Å². The van der Waals surface area contributed by atoms with Gasteiger partial charge >= 0.3 is 5.97 Å². The van der Waals surface area contributed by atoms with Crippen LogP contribution < -0.4 is 10.6 Å². The lowest BCUT2D eigenvalue weighted by Gasteiger charge is -2.42. The maximum absolute atomic E-state index is 12.3. The fraction of sp³-hybridized carbons (Fsp3) is 0.857. The molecule has 0 spiro atoms. The van der Waals surface area contributed by atoms with Gasteiger partial charge in [-0.2, -0.15) is 0 Å². The molecule has 0 heterocycles. The molecule has 0 aromatic carbocycles. The molecule has 0 aromatic rings. The van der Waals surface area contributed by atoms with Crippen LogP contribution in [0.4, 0.5) is 0 Å². The van der Waals surface area contributed by atoms with Crippen molar-refractivity contribution in [2.45, 2.75) is 89.3 Å². The highest BCUT2D eigenvalue weighted by atomic mass is 16.4. The van der Waals surface area contributed by atoms with E-state index in [1.165, 1.54) is 19.3 Å². The number of carboxylic acids is 1. The van der Waals surface area contributed by atoms with Crippen LogP contribution in [0.5, 0.6) is 0 Å². The molecule has 7 heteroatoms. The van der Waals surface area contributed by atoms with Gasteiger partial charge in [-0.05, 0) is 51.4 Å². The van der Waals surface area contributed by atoms with E-state index in [-0.39, 0.29) is 42.4 Å². The number of carbonyl (C=O) groups is 3. The van der Waals surface area contributed by atoms with Crippen LogP contribution in [0.3, 0.4) is 0 Å². The Morgan fingerprint density at radius 1 is 1.07 bits per heavy atom. The summed E-state index contributed by atoms with van der Waals surface area (Å²) in [5.41, 5.74) is 0. The Bertz CT molecular complexity index is 566. The van der Waals surface area contributed by atoms with Crippen molar-refractivity contribution in [2.75, 3.05) is 13.1 Å². The topological polar surface area (TPSA) is 98.7 Å². The maximum Gasteiger partial charge on any atom is 0.317 e. The molecule has 7 nitrogen and oxygen atoms in total. The van der Waals surface area contributed by atoms with Gasteiger partial charge in [-0.25, -0.2) is 0 Å². The third kappa shape index (κ3) is 6.47. The van der Waals surface area contributed by atoms with E-state index >= 15 is 0 Å². The fourth-order valence-electron chi connectivity index (χ4n) is 4.49. The minimum Gasteiger partial charge on any atom is -0.480 e. The van der Waals surface area contributed by atoms with Gasteiger partial charge in [0.05, 0.1) is 6.54 Å². The first-order valence-electron chi connectivity index (χ1n) is 11.0. The summed E-state index contributed by atoms with van der Waals surface area (Å²) in [6.45, 7) is 2.84. The molecular formula is C21H35N3O4. The number of aliphatic carboxylic acids is 1. The summed E-state index contributed by atoms with van der Waals surface area (Å²) in [6, 6.07) is 0.211. The lowest BCUT2D eigenvalue weighted by Crippen LogP contribution is -2.55. The van der Waals surface area contributed by atoms with Gasteiger partial charge < -0.3 is 15.7 Å². The number of nitrogens with zero attached hydrogens (tertiary/aromatic N) is 1. The largest absolute Gasteiger partial charge is 0.480 e. The Balaban J connectivity index is 1.33. The van der Waals surface area contributed by atoms with Crippen molar-refractivity contribution < 1.29 is 19.5 Å². The van der Waals surface area contributed by atoms with Gasteiger partial charge in [0.25, 0.3) is 0 Å². The van der Waals surface area contributed by atoms with Crippen LogP contribution in [0.1, 0.15) is 71.1 Å². The second-order valence-corrected chi connectivity index (χ2v) is 9.10. The summed E-state index contributed by atoms with van der Waals surface area (Å²) in [6.07, 6.45) is 9.70. The summed E-state index contributed by atoms with van der Waals surface area (Å²) in [4.78, 5) is 37.7. The lowest BCUT2D eigenvalue weighted by molar-refractivity contribution is -0.140. The molecule has 3 N–H and O–H groups in total. The van der Waals surface area contributed by atoms with Crippen LogP contribution in [-0.2, 0) is 14.4 Å². The third-order valence-corrected chi connectivity index (χ3v) is 6.38. The van der Waals surface area contributed by atoms with Crippen LogP contribution in [0, 0.1) is 11.8 Å². The molecular weight excluding hydrogens is 358 g/mol. The summed E-state index contributed by atoms with van der Waals surface area (Å²) in [5, 5.41) is 15.2. The van der Waals surface area contributed by atoms with E-state index in [4.69, 9.17) is 5.11 Å². The lowest BCUT2D eigenvalue weighted by atomic mass is 9.85. The first-order chi connectivity index (χ1) is 13.4. The molecule has 0 radical (unpaired) electrons. The monoisotopic (exact) mass is 393 g/mol. The standard InChI is InChI=1S/C21H35N3O4/c1-14(22-21(28)16-5-3-2-4-6-16)9-19(25)23-17-10-18(11-17)24(13-20(26)27)12-15-7-8-15/h14-18H,2-13H2,1H3,(H,22,28)(H,23,25)(H,26,27). The normalized spacial score (nSPS) is 26.4. The van der Waals surface area contributed by atoms with Gasteiger partial charge in [-0.1, -0.05) is 19.3 Å². The van der Waals surface area contributed by atoms with Gasteiger partial charge in [-0.15, -0.1) is 0 Å². The molecule has 1 unspecified atom stereocenters. The van der Waals surface area contributed by atoms with E-state index in [2.05, 4.69) is 15.5 Å². The van der Waals surface area contributed by atoms with Crippen molar-refractivity contribution in [3.05, 3.63) is 0 Å². The number of hydrogen-bond acceptors (Lipinski definition) is 4. The summed E-state index contributed by atoms with van der Waals surface area (Å²) < 4.78 is 0. The molecule has 2 amide bonds. The number of amides is 2. The predicted molar refractivity (Wildman–Crippen MR) is 106 cm³/mol. The molecule has 3 saturated carbocycles. The molecule has 3 rings (SSSR count). The van der Waals surface area contributed by atoms with Crippen molar-refractivity contribution >= 4 is 17.8 Å². The zero-order chi connectivity index (χ0) is 20.1. The van der Waals surface area contributed by atoms with E-state index in [1.807, 2.05) is 6.92 Å². The molecule has 3 aliphatic rings. The Morgan fingerprint density at radius 3 is 2.36 bits per heavy atom. The van der Waals surface area contributed by atoms with Crippen LogP contribution in [0.15, 0.2) is 0 Å². The molecule has 3 aliphatic carbocycles. The summed E-state index contributed by atoms with van der Waals surface area (Å²) >= 11 is 0. The van der Waals surface area contributed by atoms with Crippen LogP contribution >= 0.6 is 0 Å². The average Bonchev–Trinajstić information content (AvgIpc) is 3.41. The smallest absolute Gasteiger partial charge is 0.317 e. The number of hydrogen-bond donors (Lipinski definition) is 3. The van der Waals surface area contributed by atoms with Crippen molar-refractivity contribution in [2.24, 2.45) is 11.8 Å². The van der Waals surface area contributed by atoms with Crippen LogP contribution in [-0.4, -0.2) is 59.0 Å². The quantitative estimate of drug-likeness (QED) is 0.527. The first kappa shape index (κ1) is 21.1. The molecule has 0 aromatic heterocycles. The van der Waals surface area contributed by atoms with Crippen LogP contribution in [0.25, 0.3) is 0 Å². The van der Waals surface area contributed by atoms with Gasteiger partial charge in [0.2, 0.25) is 11.8 Å². The zero-order valence-corrected chi connectivity index (χ0v) is 17.0. The van der Waals surface area contributed by atoms with Gasteiger partial charge in [-0.3, -0.25) is 19.3 Å². The van der Waals surface area contributed by atoms with E-state index in [0.29, 0.717) is 12.3 Å². The maximum atomic E-state index is 12.3. The Morgan fingerprint density at radius 2 is 1.75 bits per heavy atom. The average molecular weight is 394 g/mol. The van der Waals surface area contributed by atoms with E-state index in [1.54, 1.807) is 0 Å². The van der Waals surface area contributed by atoms with Crippen molar-refractivity contribution in [3.8, 4) is 0 Å². The first-order valence-corrected chi connectivity index (χ1v) is 11.0. The Hall–Kier alpha value is -1.63. The Labute approximate surface area is 167 Å². The molecule has 3 fully saturated rings. The highest BCUT2D eigenvalue weighted by Gasteiger charge is 2.37. The molecule has 158 valence electrons. The Kier molecular flexibility index (Phi) is 7.32. The van der Waals surface area contributed by atoms with E-state index in [0.717, 1.165) is 45.1 Å². The van der Waals surface area contributed by atoms with E-state index in [9.17, 15) is 14.4 Å². The molecule has 0 saturated heterocycles. The second-order valence-electron chi connectivity index (χ2n) is 9.10. The highest BCUT2D eigenvalue weighted by molar-refractivity contribution is 5.81. The molecule has 1 atom stereocenters. The predicted octanol–water partition coefficient (Wildman–Crippen LogP) is 1.91. The van der Waals surface area contributed by atoms with Crippen molar-refractivity contribution in [1.29, 1.82) is 0 Å². The molecule has 0 bridgehead atoms. The number of carboxylic acid groups (broad SMARTS) is 1. The van der Waals surface area contributed by atoms with E-state index < -0.39 is 5.97 Å². The second kappa shape index (κ2) is 9.72. The fourth-order valence-corrected chi connectivity index (χ4v) is 4.49. The SMILES string of the molecule is CC(CC(=O)NC1CC(N(CC(=O)O)CC2CC2)C1)NC(=O)C1CCCCC1. The molecule has 0 aliphatic heterocycles. The number of carbonyl (C=O) groups excluding carboxylic acids is 2. The van der Waals surface area contributed by atoms with Crippen LogP contribution in [0.2, 0.25) is 0 Å². The van der Waals surface area contributed by atoms with Crippen molar-refractivity contribution in [1.82, 2.24) is 15.5 Å². The third-order valence-electron chi connectivity index (χ3n) is 6.38. The summed E-state index contributed by atoms with van der Waals surface area (Å²) in [7, 11) is 0. The minimum absolute atomic E-state index is 0.0353. The number of rotatable bonds is 10. The van der Waals surface area contributed by atoms with Crippen molar-refractivity contribution in [3.63, 3.8) is 0 Å². The van der Waals surface area contributed by atoms with Gasteiger partial charge in [0.1, 0.15) is 0 Å².